The summed E-state index contributed by atoms with van der Waals surface area (Å²) in [6.07, 6.45) is 1.71. The first-order valence-corrected chi connectivity index (χ1v) is 7.54. The molecule has 116 valence electrons. The Balaban J connectivity index is 1.65. The van der Waals surface area contributed by atoms with Gasteiger partial charge in [0.05, 0.1) is 28.8 Å². The van der Waals surface area contributed by atoms with Crippen LogP contribution in [0.4, 0.5) is 0 Å². The molecule has 0 radical (unpaired) electrons. The van der Waals surface area contributed by atoms with Gasteiger partial charge in [0.1, 0.15) is 12.4 Å². The maximum absolute atomic E-state index is 12.6. The van der Waals surface area contributed by atoms with Gasteiger partial charge in [0.2, 0.25) is 0 Å². The van der Waals surface area contributed by atoms with Gasteiger partial charge in [-0.1, -0.05) is 30.3 Å². The number of aromatic nitrogens is 4. The number of fused-ring (bicyclic) bond motifs is 2. The van der Waals surface area contributed by atoms with Crippen LogP contribution in [0.3, 0.4) is 0 Å². The molecule has 0 spiro atoms. The highest BCUT2D eigenvalue weighted by Gasteiger charge is 2.24. The molecule has 0 aliphatic carbocycles. The molecule has 0 amide bonds. The minimum Gasteiger partial charge on any atom is -0.340 e. The fourth-order valence-electron chi connectivity index (χ4n) is 2.79. The molecule has 4 aromatic rings. The molecule has 1 N–H and O–H groups in total. The zero-order valence-corrected chi connectivity index (χ0v) is 12.7. The highest BCUT2D eigenvalue weighted by Crippen LogP contribution is 2.20. The van der Waals surface area contributed by atoms with E-state index in [2.05, 4.69) is 21.1 Å². The number of benzene rings is 2. The summed E-state index contributed by atoms with van der Waals surface area (Å²) in [4.78, 5) is 20.0. The molecule has 2 aromatic carbocycles. The Bertz CT molecular complexity index is 1050. The fraction of sp³-hybridized carbons (Fsp3) is 0.111. The standard InChI is InChI=1S/C18H13N5O/c19-9-13(18-21-14-6-2-3-7-15(14)22-18)17(24)11-23-16-8-4-1-5-12(16)10-20-23/h1-8,10,13H,11H2,(H,21,22)/t13-/m1/s1. The maximum atomic E-state index is 12.6. The van der Waals surface area contributed by atoms with E-state index in [0.29, 0.717) is 5.82 Å². The zero-order valence-electron chi connectivity index (χ0n) is 12.7. The van der Waals surface area contributed by atoms with Gasteiger partial charge in [-0.25, -0.2) is 4.98 Å². The van der Waals surface area contributed by atoms with Crippen LogP contribution in [-0.2, 0) is 11.3 Å². The van der Waals surface area contributed by atoms with Crippen molar-refractivity contribution in [2.24, 2.45) is 0 Å². The number of carbonyl (C=O) groups is 1. The largest absolute Gasteiger partial charge is 0.340 e. The molecule has 2 heterocycles. The van der Waals surface area contributed by atoms with E-state index in [1.165, 1.54) is 0 Å². The lowest BCUT2D eigenvalue weighted by Crippen LogP contribution is -2.19. The molecule has 0 unspecified atom stereocenters. The summed E-state index contributed by atoms with van der Waals surface area (Å²) in [6.45, 7) is 0.0305. The number of hydrogen-bond acceptors (Lipinski definition) is 4. The highest BCUT2D eigenvalue weighted by molar-refractivity contribution is 5.90. The van der Waals surface area contributed by atoms with Crippen LogP contribution in [0.15, 0.2) is 54.7 Å². The van der Waals surface area contributed by atoms with Crippen molar-refractivity contribution >= 4 is 27.7 Å². The average molecular weight is 315 g/mol. The molecule has 0 saturated carbocycles. The number of nitriles is 1. The van der Waals surface area contributed by atoms with Crippen molar-refractivity contribution < 1.29 is 4.79 Å². The third-order valence-electron chi connectivity index (χ3n) is 3.99. The second-order valence-corrected chi connectivity index (χ2v) is 5.53. The lowest BCUT2D eigenvalue weighted by Gasteiger charge is -2.06. The van der Waals surface area contributed by atoms with Crippen molar-refractivity contribution in [2.45, 2.75) is 12.5 Å². The smallest absolute Gasteiger partial charge is 0.179 e. The number of rotatable bonds is 4. The number of para-hydroxylation sites is 3. The number of hydrogen-bond donors (Lipinski definition) is 1. The van der Waals surface area contributed by atoms with Gasteiger partial charge in [0, 0.05) is 5.39 Å². The predicted molar refractivity (Wildman–Crippen MR) is 89.2 cm³/mol. The van der Waals surface area contributed by atoms with E-state index in [9.17, 15) is 10.1 Å². The highest BCUT2D eigenvalue weighted by atomic mass is 16.1. The summed E-state index contributed by atoms with van der Waals surface area (Å²) in [5.41, 5.74) is 2.42. The summed E-state index contributed by atoms with van der Waals surface area (Å²) >= 11 is 0. The number of Topliss-reactive ketones (excluding diaryl/α,β-unsaturated/α-hetero) is 1. The molecule has 4 rings (SSSR count). The number of imidazole rings is 1. The average Bonchev–Trinajstić information content (AvgIpc) is 3.20. The van der Waals surface area contributed by atoms with Gasteiger partial charge in [0.15, 0.2) is 11.7 Å². The Hall–Kier alpha value is -3.46. The summed E-state index contributed by atoms with van der Waals surface area (Å²) < 4.78 is 1.62. The van der Waals surface area contributed by atoms with Crippen LogP contribution in [-0.4, -0.2) is 25.5 Å². The molecular weight excluding hydrogens is 302 g/mol. The summed E-state index contributed by atoms with van der Waals surface area (Å²) in [5.74, 6) is -0.814. The van der Waals surface area contributed by atoms with E-state index in [4.69, 9.17) is 0 Å². The molecule has 0 fully saturated rings. The molecule has 24 heavy (non-hydrogen) atoms. The van der Waals surface area contributed by atoms with Gasteiger partial charge < -0.3 is 4.98 Å². The van der Waals surface area contributed by atoms with Crippen LogP contribution in [0.5, 0.6) is 0 Å². The van der Waals surface area contributed by atoms with Crippen LogP contribution in [0, 0.1) is 11.3 Å². The van der Waals surface area contributed by atoms with Gasteiger partial charge in [-0.3, -0.25) is 9.48 Å². The van der Waals surface area contributed by atoms with E-state index in [1.54, 1.807) is 10.9 Å². The molecular formula is C18H13N5O. The van der Waals surface area contributed by atoms with Crippen molar-refractivity contribution in [1.29, 1.82) is 5.26 Å². The summed E-state index contributed by atoms with van der Waals surface area (Å²) in [5, 5.41) is 14.7. The van der Waals surface area contributed by atoms with E-state index in [1.807, 2.05) is 48.5 Å². The van der Waals surface area contributed by atoms with Gasteiger partial charge >= 0.3 is 0 Å². The maximum Gasteiger partial charge on any atom is 0.179 e. The quantitative estimate of drug-likeness (QED) is 0.627. The molecule has 1 atom stereocenters. The zero-order chi connectivity index (χ0) is 16.5. The Morgan fingerprint density at radius 1 is 1.21 bits per heavy atom. The molecule has 6 heteroatoms. The number of nitrogens with one attached hydrogen (secondary N) is 1. The van der Waals surface area contributed by atoms with Crippen LogP contribution in [0.25, 0.3) is 21.9 Å². The molecule has 0 aliphatic heterocycles. The van der Waals surface area contributed by atoms with Gasteiger partial charge in [-0.15, -0.1) is 0 Å². The second kappa shape index (κ2) is 5.63. The number of H-pyrrole nitrogens is 1. The summed E-state index contributed by atoms with van der Waals surface area (Å²) in [6, 6.07) is 17.2. The van der Waals surface area contributed by atoms with Gasteiger partial charge in [0.25, 0.3) is 0 Å². The van der Waals surface area contributed by atoms with Gasteiger partial charge in [-0.05, 0) is 18.2 Å². The second-order valence-electron chi connectivity index (χ2n) is 5.53. The lowest BCUT2D eigenvalue weighted by molar-refractivity contribution is -0.120. The SMILES string of the molecule is N#C[C@H](C(=O)Cn1ncc2ccccc21)c1nc2ccccc2[nH]1. The van der Waals surface area contributed by atoms with Crippen LogP contribution in [0.1, 0.15) is 11.7 Å². The third-order valence-corrected chi connectivity index (χ3v) is 3.99. The molecule has 2 aromatic heterocycles. The van der Waals surface area contributed by atoms with Crippen molar-refractivity contribution in [3.05, 3.63) is 60.6 Å². The molecule has 0 saturated heterocycles. The van der Waals surface area contributed by atoms with Crippen molar-refractivity contribution in [2.75, 3.05) is 0 Å². The Morgan fingerprint density at radius 3 is 2.83 bits per heavy atom. The Kier molecular flexibility index (Phi) is 3.32. The van der Waals surface area contributed by atoms with Crippen LogP contribution in [0.2, 0.25) is 0 Å². The Morgan fingerprint density at radius 2 is 2.00 bits per heavy atom. The van der Waals surface area contributed by atoms with Gasteiger partial charge in [-0.2, -0.15) is 10.4 Å². The topological polar surface area (TPSA) is 87.4 Å². The Labute approximate surface area is 137 Å². The first-order chi connectivity index (χ1) is 11.8. The number of ketones is 1. The van der Waals surface area contributed by atoms with E-state index < -0.39 is 5.92 Å². The first kappa shape index (κ1) is 14.2. The fourth-order valence-corrected chi connectivity index (χ4v) is 2.79. The summed E-state index contributed by atoms with van der Waals surface area (Å²) in [7, 11) is 0. The van der Waals surface area contributed by atoms with E-state index in [0.717, 1.165) is 21.9 Å². The molecule has 0 bridgehead atoms. The number of aromatic amines is 1. The minimum atomic E-state index is -0.944. The third kappa shape index (κ3) is 2.32. The monoisotopic (exact) mass is 315 g/mol. The van der Waals surface area contributed by atoms with Crippen molar-refractivity contribution in [3.8, 4) is 6.07 Å². The van der Waals surface area contributed by atoms with Crippen molar-refractivity contribution in [1.82, 2.24) is 19.7 Å². The van der Waals surface area contributed by atoms with Crippen LogP contribution < -0.4 is 0 Å². The van der Waals surface area contributed by atoms with E-state index in [-0.39, 0.29) is 12.3 Å². The molecule has 6 nitrogen and oxygen atoms in total. The first-order valence-electron chi connectivity index (χ1n) is 7.54. The van der Waals surface area contributed by atoms with Crippen LogP contribution >= 0.6 is 0 Å². The number of nitrogens with zero attached hydrogens (tertiary/aromatic N) is 4. The van der Waals surface area contributed by atoms with Crippen molar-refractivity contribution in [3.63, 3.8) is 0 Å². The minimum absolute atomic E-state index is 0.0305. The number of carbonyl (C=O) groups excluding carboxylic acids is 1. The van der Waals surface area contributed by atoms with E-state index >= 15 is 0 Å². The lowest BCUT2D eigenvalue weighted by atomic mass is 10.1. The molecule has 0 aliphatic rings. The predicted octanol–water partition coefficient (Wildman–Crippen LogP) is 2.79. The normalized spacial score (nSPS) is 12.3.